The smallest absolute Gasteiger partial charge is 0.335 e. The molecule has 0 saturated carbocycles. The Kier molecular flexibility index (Phi) is 5.82. The highest BCUT2D eigenvalue weighted by Gasteiger charge is 2.31. The van der Waals surface area contributed by atoms with E-state index in [4.69, 9.17) is 0 Å². The number of aromatic carboxylic acids is 1. The van der Waals surface area contributed by atoms with Crippen LogP contribution in [-0.4, -0.2) is 58.9 Å². The van der Waals surface area contributed by atoms with Crippen molar-refractivity contribution in [2.45, 2.75) is 39.5 Å². The third-order valence-electron chi connectivity index (χ3n) is 5.80. The van der Waals surface area contributed by atoms with Crippen LogP contribution in [0.2, 0.25) is 0 Å². The summed E-state index contributed by atoms with van der Waals surface area (Å²) in [5.41, 5.74) is 1.28. The minimum atomic E-state index is -1.03. The molecule has 0 aromatic heterocycles. The molecule has 1 aromatic carbocycles. The van der Waals surface area contributed by atoms with E-state index in [2.05, 4.69) is 6.92 Å². The van der Waals surface area contributed by atoms with Crippen LogP contribution in [0.15, 0.2) is 18.2 Å². The molecule has 27 heavy (non-hydrogen) atoms. The quantitative estimate of drug-likeness (QED) is 0.885. The van der Waals surface area contributed by atoms with Crippen molar-refractivity contribution in [1.29, 1.82) is 0 Å². The lowest BCUT2D eigenvalue weighted by molar-refractivity contribution is -0.138. The molecule has 0 atom stereocenters. The van der Waals surface area contributed by atoms with Crippen LogP contribution in [0.25, 0.3) is 0 Å². The van der Waals surface area contributed by atoms with Gasteiger partial charge in [-0.25, -0.2) is 4.79 Å². The van der Waals surface area contributed by atoms with Crippen LogP contribution < -0.4 is 0 Å². The van der Waals surface area contributed by atoms with Crippen molar-refractivity contribution in [3.8, 4) is 0 Å². The Morgan fingerprint density at radius 1 is 0.889 bits per heavy atom. The average molecular weight is 372 g/mol. The number of nitrogens with zero attached hydrogens (tertiary/aromatic N) is 2. The van der Waals surface area contributed by atoms with Gasteiger partial charge in [-0.15, -0.1) is 0 Å². The molecule has 0 unspecified atom stereocenters. The Labute approximate surface area is 160 Å². The van der Waals surface area contributed by atoms with Crippen molar-refractivity contribution in [3.05, 3.63) is 34.9 Å². The topological polar surface area (TPSA) is 77.9 Å². The van der Waals surface area contributed by atoms with E-state index in [1.807, 2.05) is 4.90 Å². The zero-order valence-electron chi connectivity index (χ0n) is 16.1. The second kappa shape index (κ2) is 8.11. The van der Waals surface area contributed by atoms with Gasteiger partial charge in [-0.3, -0.25) is 9.59 Å². The van der Waals surface area contributed by atoms with Crippen LogP contribution in [0.4, 0.5) is 0 Å². The first-order valence-electron chi connectivity index (χ1n) is 9.78. The number of carboxylic acid groups (broad SMARTS) is 1. The first-order valence-corrected chi connectivity index (χ1v) is 9.78. The summed E-state index contributed by atoms with van der Waals surface area (Å²) in [6.45, 7) is 6.78. The van der Waals surface area contributed by atoms with Crippen molar-refractivity contribution < 1.29 is 19.5 Å². The molecule has 2 heterocycles. The SMILES string of the molecule is Cc1cc(C(=O)O)cc(C(=O)N2CCC(C(=O)N3CCC(C)CC3)CC2)c1. The highest BCUT2D eigenvalue weighted by molar-refractivity contribution is 5.98. The molecule has 1 N–H and O–H groups in total. The van der Waals surface area contributed by atoms with Crippen LogP contribution in [-0.2, 0) is 4.79 Å². The maximum Gasteiger partial charge on any atom is 0.335 e. The number of likely N-dealkylation sites (tertiary alicyclic amines) is 2. The van der Waals surface area contributed by atoms with Gasteiger partial charge in [-0.05, 0) is 62.3 Å². The Morgan fingerprint density at radius 3 is 2.04 bits per heavy atom. The fourth-order valence-corrected chi connectivity index (χ4v) is 4.03. The first kappa shape index (κ1) is 19.4. The Hall–Kier alpha value is -2.37. The second-order valence-electron chi connectivity index (χ2n) is 7.97. The number of carbonyl (C=O) groups excluding carboxylic acids is 2. The van der Waals surface area contributed by atoms with Gasteiger partial charge in [-0.1, -0.05) is 6.92 Å². The molecule has 3 rings (SSSR count). The lowest BCUT2D eigenvalue weighted by Gasteiger charge is -2.36. The predicted molar refractivity (Wildman–Crippen MR) is 102 cm³/mol. The van der Waals surface area contributed by atoms with Crippen molar-refractivity contribution in [2.24, 2.45) is 11.8 Å². The third kappa shape index (κ3) is 4.49. The van der Waals surface area contributed by atoms with E-state index in [9.17, 15) is 19.5 Å². The minimum absolute atomic E-state index is 0.00505. The van der Waals surface area contributed by atoms with Gasteiger partial charge in [0.15, 0.2) is 0 Å². The van der Waals surface area contributed by atoms with Gasteiger partial charge < -0.3 is 14.9 Å². The number of carbonyl (C=O) groups is 3. The summed E-state index contributed by atoms with van der Waals surface area (Å²) < 4.78 is 0. The summed E-state index contributed by atoms with van der Waals surface area (Å²) in [5, 5.41) is 9.19. The van der Waals surface area contributed by atoms with Crippen LogP contribution in [0.3, 0.4) is 0 Å². The highest BCUT2D eigenvalue weighted by Crippen LogP contribution is 2.24. The van der Waals surface area contributed by atoms with E-state index in [1.54, 1.807) is 24.0 Å². The molecule has 2 aliphatic heterocycles. The van der Waals surface area contributed by atoms with Crippen molar-refractivity contribution >= 4 is 17.8 Å². The summed E-state index contributed by atoms with van der Waals surface area (Å²) in [6.07, 6.45) is 3.49. The van der Waals surface area contributed by atoms with Gasteiger partial charge in [0.1, 0.15) is 0 Å². The molecule has 146 valence electrons. The molecule has 1 aromatic rings. The van der Waals surface area contributed by atoms with Gasteiger partial charge >= 0.3 is 5.97 Å². The molecule has 0 radical (unpaired) electrons. The standard InChI is InChI=1S/C21H28N2O4/c1-14-3-7-22(8-4-14)19(24)16-5-9-23(10-6-16)20(25)17-11-15(2)12-18(13-17)21(26)27/h11-14,16H,3-10H2,1-2H3,(H,26,27). The highest BCUT2D eigenvalue weighted by atomic mass is 16.4. The fraction of sp³-hybridized carbons (Fsp3) is 0.571. The third-order valence-corrected chi connectivity index (χ3v) is 5.80. The monoisotopic (exact) mass is 372 g/mol. The summed E-state index contributed by atoms with van der Waals surface area (Å²) in [5.74, 6) is -0.266. The minimum Gasteiger partial charge on any atom is -0.478 e. The summed E-state index contributed by atoms with van der Waals surface area (Å²) >= 11 is 0. The van der Waals surface area contributed by atoms with Crippen LogP contribution in [0, 0.1) is 18.8 Å². The lowest BCUT2D eigenvalue weighted by Crippen LogP contribution is -2.46. The van der Waals surface area contributed by atoms with Crippen LogP contribution in [0.5, 0.6) is 0 Å². The number of hydrogen-bond acceptors (Lipinski definition) is 3. The van der Waals surface area contributed by atoms with Crippen LogP contribution in [0.1, 0.15) is 58.9 Å². The van der Waals surface area contributed by atoms with Gasteiger partial charge in [0.05, 0.1) is 5.56 Å². The van der Waals surface area contributed by atoms with Crippen molar-refractivity contribution in [1.82, 2.24) is 9.80 Å². The zero-order valence-corrected chi connectivity index (χ0v) is 16.1. The maximum absolute atomic E-state index is 12.8. The Balaban J connectivity index is 1.59. The molecule has 0 bridgehead atoms. The zero-order chi connectivity index (χ0) is 19.6. The lowest BCUT2D eigenvalue weighted by atomic mass is 9.92. The second-order valence-corrected chi connectivity index (χ2v) is 7.97. The number of amides is 2. The molecular formula is C21H28N2O4. The van der Waals surface area contributed by atoms with Gasteiger partial charge in [0.25, 0.3) is 5.91 Å². The van der Waals surface area contributed by atoms with E-state index in [0.717, 1.165) is 31.5 Å². The number of hydrogen-bond donors (Lipinski definition) is 1. The Bertz CT molecular complexity index is 730. The average Bonchev–Trinajstić information content (AvgIpc) is 2.67. The first-order chi connectivity index (χ1) is 12.8. The molecule has 0 aliphatic carbocycles. The number of benzene rings is 1. The molecule has 2 fully saturated rings. The van der Waals surface area contributed by atoms with Gasteiger partial charge in [0.2, 0.25) is 5.91 Å². The molecule has 6 heteroatoms. The Morgan fingerprint density at radius 2 is 1.44 bits per heavy atom. The van der Waals surface area contributed by atoms with Crippen molar-refractivity contribution in [2.75, 3.05) is 26.2 Å². The predicted octanol–water partition coefficient (Wildman–Crippen LogP) is 2.80. The van der Waals surface area contributed by atoms with E-state index in [1.165, 1.54) is 6.07 Å². The molecule has 2 aliphatic rings. The van der Waals surface area contributed by atoms with E-state index in [0.29, 0.717) is 37.4 Å². The molecule has 2 saturated heterocycles. The number of aryl methyl sites for hydroxylation is 1. The fourth-order valence-electron chi connectivity index (χ4n) is 4.03. The molecule has 6 nitrogen and oxygen atoms in total. The van der Waals surface area contributed by atoms with Gasteiger partial charge in [-0.2, -0.15) is 0 Å². The number of piperidine rings is 2. The molecule has 2 amide bonds. The van der Waals surface area contributed by atoms with E-state index in [-0.39, 0.29) is 23.3 Å². The van der Waals surface area contributed by atoms with E-state index >= 15 is 0 Å². The molecule has 0 spiro atoms. The van der Waals surface area contributed by atoms with Crippen LogP contribution >= 0.6 is 0 Å². The largest absolute Gasteiger partial charge is 0.478 e. The van der Waals surface area contributed by atoms with Crippen molar-refractivity contribution in [3.63, 3.8) is 0 Å². The number of carboxylic acids is 1. The normalized spacial score (nSPS) is 19.2. The van der Waals surface area contributed by atoms with Gasteiger partial charge in [0, 0.05) is 37.7 Å². The van der Waals surface area contributed by atoms with E-state index < -0.39 is 5.97 Å². The summed E-state index contributed by atoms with van der Waals surface area (Å²) in [4.78, 5) is 40.5. The summed E-state index contributed by atoms with van der Waals surface area (Å²) in [6, 6.07) is 4.72. The summed E-state index contributed by atoms with van der Waals surface area (Å²) in [7, 11) is 0. The molecular weight excluding hydrogens is 344 g/mol. The maximum atomic E-state index is 12.8. The number of rotatable bonds is 3.